The molecule has 1 aromatic rings. The van der Waals surface area contributed by atoms with Crippen LogP contribution in [0.2, 0.25) is 0 Å². The molecule has 2 N–H and O–H groups in total. The highest BCUT2D eigenvalue weighted by atomic mass is 35.5. The van der Waals surface area contributed by atoms with Crippen LogP contribution in [0.3, 0.4) is 0 Å². The van der Waals surface area contributed by atoms with Crippen molar-refractivity contribution < 1.29 is 0 Å². The van der Waals surface area contributed by atoms with E-state index in [1.807, 2.05) is 4.68 Å². The first-order valence-corrected chi connectivity index (χ1v) is 7.09. The molecule has 2 heterocycles. The van der Waals surface area contributed by atoms with Gasteiger partial charge in [-0.2, -0.15) is 0 Å². The monoisotopic (exact) mass is 286 g/mol. The highest BCUT2D eigenvalue weighted by Gasteiger charge is 2.30. The second-order valence-corrected chi connectivity index (χ2v) is 5.47. The van der Waals surface area contributed by atoms with Gasteiger partial charge in [0, 0.05) is 6.04 Å². The van der Waals surface area contributed by atoms with E-state index < -0.39 is 0 Å². The van der Waals surface area contributed by atoms with E-state index in [9.17, 15) is 0 Å². The van der Waals surface area contributed by atoms with Crippen molar-refractivity contribution in [1.82, 2.24) is 25.1 Å². The molecule has 1 atom stereocenters. The minimum atomic E-state index is 0. The Hall–Kier alpha value is -0.720. The Morgan fingerprint density at radius 2 is 2.05 bits per heavy atom. The van der Waals surface area contributed by atoms with E-state index in [1.165, 1.54) is 32.1 Å². The molecular formula is C12H23ClN6. The molecule has 1 aliphatic heterocycles. The zero-order chi connectivity index (χ0) is 12.4. The van der Waals surface area contributed by atoms with Crippen LogP contribution >= 0.6 is 12.4 Å². The number of nitrogens with two attached hydrogens (primary N) is 1. The van der Waals surface area contributed by atoms with Crippen molar-refractivity contribution in [3.05, 3.63) is 5.82 Å². The minimum Gasteiger partial charge on any atom is -0.330 e. The third-order valence-corrected chi connectivity index (χ3v) is 4.05. The standard InChI is InChI=1S/C12H22N6.ClH/c13-7-6-10-3-1-2-8-17(10)9-12-14-15-16-18(12)11-4-5-11;/h10-11H,1-9,13H2;1H. The zero-order valence-corrected chi connectivity index (χ0v) is 12.1. The Kier molecular flexibility index (Phi) is 5.13. The lowest BCUT2D eigenvalue weighted by Crippen LogP contribution is -2.40. The van der Waals surface area contributed by atoms with Gasteiger partial charge in [-0.15, -0.1) is 17.5 Å². The van der Waals surface area contributed by atoms with E-state index in [-0.39, 0.29) is 12.4 Å². The van der Waals surface area contributed by atoms with Crippen LogP contribution in [0.5, 0.6) is 0 Å². The summed E-state index contributed by atoms with van der Waals surface area (Å²) >= 11 is 0. The van der Waals surface area contributed by atoms with Gasteiger partial charge >= 0.3 is 0 Å². The molecule has 1 unspecified atom stereocenters. The zero-order valence-electron chi connectivity index (χ0n) is 11.2. The summed E-state index contributed by atoms with van der Waals surface area (Å²) in [7, 11) is 0. The second-order valence-electron chi connectivity index (χ2n) is 5.47. The lowest BCUT2D eigenvalue weighted by molar-refractivity contribution is 0.128. The number of piperidine rings is 1. The highest BCUT2D eigenvalue weighted by Crippen LogP contribution is 2.34. The summed E-state index contributed by atoms with van der Waals surface area (Å²) in [5.41, 5.74) is 5.71. The fourth-order valence-corrected chi connectivity index (χ4v) is 2.89. The van der Waals surface area contributed by atoms with Gasteiger partial charge in [0.1, 0.15) is 0 Å². The number of aromatic nitrogens is 4. The third-order valence-electron chi connectivity index (χ3n) is 4.05. The Morgan fingerprint density at radius 3 is 2.79 bits per heavy atom. The maximum atomic E-state index is 5.71. The van der Waals surface area contributed by atoms with Crippen molar-refractivity contribution in [2.24, 2.45) is 5.73 Å². The smallest absolute Gasteiger partial charge is 0.165 e. The molecule has 0 bridgehead atoms. The molecule has 2 fully saturated rings. The Labute approximate surface area is 120 Å². The third kappa shape index (κ3) is 3.43. The van der Waals surface area contributed by atoms with Crippen LogP contribution in [-0.2, 0) is 6.54 Å². The van der Waals surface area contributed by atoms with Crippen LogP contribution in [0.4, 0.5) is 0 Å². The van der Waals surface area contributed by atoms with Gasteiger partial charge in [-0.1, -0.05) is 6.42 Å². The molecule has 6 nitrogen and oxygen atoms in total. The number of likely N-dealkylation sites (tertiary alicyclic amines) is 1. The molecular weight excluding hydrogens is 264 g/mol. The minimum absolute atomic E-state index is 0. The molecule has 1 aromatic heterocycles. The fourth-order valence-electron chi connectivity index (χ4n) is 2.89. The Bertz CT molecular complexity index is 389. The summed E-state index contributed by atoms with van der Waals surface area (Å²) in [5, 5.41) is 12.1. The van der Waals surface area contributed by atoms with Gasteiger partial charge in [-0.25, -0.2) is 4.68 Å². The predicted octanol–water partition coefficient (Wildman–Crippen LogP) is 1.13. The molecule has 1 aliphatic carbocycles. The van der Waals surface area contributed by atoms with Crippen LogP contribution in [0.15, 0.2) is 0 Å². The van der Waals surface area contributed by atoms with Crippen molar-refractivity contribution >= 4 is 12.4 Å². The first-order chi connectivity index (χ1) is 8.88. The number of rotatable bonds is 5. The van der Waals surface area contributed by atoms with Crippen molar-refractivity contribution in [1.29, 1.82) is 0 Å². The normalized spacial score (nSPS) is 24.2. The number of hydrogen-bond acceptors (Lipinski definition) is 5. The van der Waals surface area contributed by atoms with E-state index >= 15 is 0 Å². The summed E-state index contributed by atoms with van der Waals surface area (Å²) in [6.07, 6.45) is 7.42. The molecule has 0 radical (unpaired) electrons. The van der Waals surface area contributed by atoms with E-state index in [0.29, 0.717) is 12.1 Å². The summed E-state index contributed by atoms with van der Waals surface area (Å²) < 4.78 is 2.02. The summed E-state index contributed by atoms with van der Waals surface area (Å²) in [6.45, 7) is 2.81. The van der Waals surface area contributed by atoms with Crippen LogP contribution in [0.1, 0.15) is 50.4 Å². The Balaban J connectivity index is 0.00000133. The SMILES string of the molecule is Cl.NCCC1CCCCN1Cc1nnnn1C1CC1. The number of halogens is 1. The van der Waals surface area contributed by atoms with Gasteiger partial charge < -0.3 is 5.73 Å². The topological polar surface area (TPSA) is 72.9 Å². The second kappa shape index (κ2) is 6.63. The van der Waals surface area contributed by atoms with Crippen molar-refractivity contribution in [2.45, 2.75) is 57.2 Å². The van der Waals surface area contributed by atoms with E-state index in [2.05, 4.69) is 20.4 Å². The maximum absolute atomic E-state index is 5.71. The van der Waals surface area contributed by atoms with Gasteiger partial charge in [0.15, 0.2) is 5.82 Å². The van der Waals surface area contributed by atoms with Gasteiger partial charge in [-0.05, 0) is 55.6 Å². The molecule has 0 spiro atoms. The van der Waals surface area contributed by atoms with Crippen molar-refractivity contribution in [3.63, 3.8) is 0 Å². The molecule has 19 heavy (non-hydrogen) atoms. The molecule has 1 saturated heterocycles. The molecule has 2 aliphatic rings. The number of hydrogen-bond donors (Lipinski definition) is 1. The molecule has 3 rings (SSSR count). The summed E-state index contributed by atoms with van der Waals surface area (Å²) in [6, 6.07) is 1.18. The van der Waals surface area contributed by atoms with Gasteiger partial charge in [0.25, 0.3) is 0 Å². The van der Waals surface area contributed by atoms with Crippen LogP contribution in [-0.4, -0.2) is 44.2 Å². The first kappa shape index (κ1) is 14.7. The largest absolute Gasteiger partial charge is 0.330 e. The molecule has 0 amide bonds. The quantitative estimate of drug-likeness (QED) is 0.878. The lowest BCUT2D eigenvalue weighted by Gasteiger charge is -2.35. The Morgan fingerprint density at radius 1 is 1.21 bits per heavy atom. The van der Waals surface area contributed by atoms with Crippen molar-refractivity contribution in [3.8, 4) is 0 Å². The van der Waals surface area contributed by atoms with Gasteiger partial charge in [-0.3, -0.25) is 4.90 Å². The highest BCUT2D eigenvalue weighted by molar-refractivity contribution is 5.85. The van der Waals surface area contributed by atoms with Gasteiger partial charge in [0.05, 0.1) is 12.6 Å². The average molecular weight is 287 g/mol. The maximum Gasteiger partial charge on any atom is 0.165 e. The van der Waals surface area contributed by atoms with E-state index in [4.69, 9.17) is 5.73 Å². The van der Waals surface area contributed by atoms with E-state index in [1.54, 1.807) is 0 Å². The number of tetrazole rings is 1. The molecule has 108 valence electrons. The summed E-state index contributed by atoms with van der Waals surface area (Å²) in [4.78, 5) is 2.51. The molecule has 0 aromatic carbocycles. The van der Waals surface area contributed by atoms with Gasteiger partial charge in [0.2, 0.25) is 0 Å². The van der Waals surface area contributed by atoms with Crippen LogP contribution in [0.25, 0.3) is 0 Å². The number of nitrogens with zero attached hydrogens (tertiary/aromatic N) is 5. The predicted molar refractivity (Wildman–Crippen MR) is 75.1 cm³/mol. The van der Waals surface area contributed by atoms with Crippen LogP contribution < -0.4 is 5.73 Å². The van der Waals surface area contributed by atoms with Crippen molar-refractivity contribution in [2.75, 3.05) is 13.1 Å². The first-order valence-electron chi connectivity index (χ1n) is 7.09. The summed E-state index contributed by atoms with van der Waals surface area (Å²) in [5.74, 6) is 1.03. The fraction of sp³-hybridized carbons (Fsp3) is 0.917. The lowest BCUT2D eigenvalue weighted by atomic mass is 9.99. The average Bonchev–Trinajstić information content (AvgIpc) is 3.13. The van der Waals surface area contributed by atoms with Crippen LogP contribution in [0, 0.1) is 0 Å². The molecule has 7 heteroatoms. The molecule has 1 saturated carbocycles. The van der Waals surface area contributed by atoms with E-state index in [0.717, 1.165) is 31.9 Å².